The van der Waals surface area contributed by atoms with E-state index in [1.807, 2.05) is 12.1 Å². The van der Waals surface area contributed by atoms with Crippen molar-refractivity contribution in [2.75, 3.05) is 36.0 Å². The van der Waals surface area contributed by atoms with Gasteiger partial charge in [-0.1, -0.05) is 60.7 Å². The summed E-state index contributed by atoms with van der Waals surface area (Å²) in [6.45, 7) is 3.14. The fourth-order valence-corrected chi connectivity index (χ4v) is 5.58. The number of benzene rings is 2. The Labute approximate surface area is 207 Å². The van der Waals surface area contributed by atoms with Gasteiger partial charge in [-0.05, 0) is 61.5 Å². The Bertz CT molecular complexity index is 1030. The monoisotopic (exact) mass is 471 g/mol. The molecular weight excluding hydrogens is 438 g/mol. The van der Waals surface area contributed by atoms with Gasteiger partial charge in [0.05, 0.1) is 4.92 Å². The van der Waals surface area contributed by atoms with Crippen LogP contribution in [0.4, 0.5) is 17.3 Å². The molecule has 7 nitrogen and oxygen atoms in total. The minimum absolute atomic E-state index is 0.0653. The van der Waals surface area contributed by atoms with Gasteiger partial charge in [-0.15, -0.1) is 0 Å². The molecule has 0 aliphatic carbocycles. The molecule has 2 aliphatic rings. The highest BCUT2D eigenvalue weighted by Crippen LogP contribution is 2.38. The number of rotatable bonds is 7. The van der Waals surface area contributed by atoms with Crippen molar-refractivity contribution < 1.29 is 4.92 Å². The van der Waals surface area contributed by atoms with Crippen molar-refractivity contribution in [3.05, 3.63) is 88.2 Å². The Balaban J connectivity index is 1.24. The third kappa shape index (κ3) is 5.61. The van der Waals surface area contributed by atoms with Gasteiger partial charge < -0.3 is 9.80 Å². The molecule has 0 amide bonds. The Hall–Kier alpha value is -3.48. The number of anilines is 2. The molecule has 2 saturated heterocycles. The standard InChI is InChI=1S/C28H33N5O2/c34-33(35)26-27(31-15-11-24(12-16-31)19-22-7-3-1-4-8-22)29-21-30-28(26)32-17-13-25(14-18-32)20-23-9-5-2-6-10-23/h1-10,21,24-25H,11-20H2. The molecule has 2 fully saturated rings. The molecule has 182 valence electrons. The lowest BCUT2D eigenvalue weighted by atomic mass is 9.90. The van der Waals surface area contributed by atoms with Crippen LogP contribution in [0.1, 0.15) is 36.8 Å². The van der Waals surface area contributed by atoms with Crippen molar-refractivity contribution in [1.82, 2.24) is 9.97 Å². The number of piperidine rings is 2. The van der Waals surface area contributed by atoms with Crippen LogP contribution >= 0.6 is 0 Å². The first-order valence-electron chi connectivity index (χ1n) is 12.7. The molecule has 3 aromatic rings. The third-order valence-electron chi connectivity index (χ3n) is 7.53. The van der Waals surface area contributed by atoms with E-state index < -0.39 is 0 Å². The SMILES string of the molecule is O=[N+]([O-])c1c(N2CCC(Cc3ccccc3)CC2)ncnc1N1CCC(Cc2ccccc2)CC1. The van der Waals surface area contributed by atoms with Crippen LogP contribution in [0.15, 0.2) is 67.0 Å². The van der Waals surface area contributed by atoms with Gasteiger partial charge >= 0.3 is 5.69 Å². The van der Waals surface area contributed by atoms with Crippen molar-refractivity contribution >= 4 is 17.3 Å². The maximum absolute atomic E-state index is 12.2. The maximum Gasteiger partial charge on any atom is 0.353 e. The van der Waals surface area contributed by atoms with Crippen molar-refractivity contribution in [1.29, 1.82) is 0 Å². The third-order valence-corrected chi connectivity index (χ3v) is 7.53. The predicted octanol–water partition coefficient (Wildman–Crippen LogP) is 5.30. The van der Waals surface area contributed by atoms with Gasteiger partial charge in [0.1, 0.15) is 6.33 Å². The van der Waals surface area contributed by atoms with Gasteiger partial charge in [0.25, 0.3) is 0 Å². The number of hydrogen-bond donors (Lipinski definition) is 0. The lowest BCUT2D eigenvalue weighted by molar-refractivity contribution is -0.383. The summed E-state index contributed by atoms with van der Waals surface area (Å²) in [6.07, 6.45) is 7.66. The van der Waals surface area contributed by atoms with E-state index in [0.717, 1.165) is 64.7 Å². The molecule has 0 bridgehead atoms. The summed E-state index contributed by atoms with van der Waals surface area (Å²) in [6, 6.07) is 21.1. The molecule has 3 heterocycles. The van der Waals surface area contributed by atoms with Gasteiger partial charge in [0, 0.05) is 26.2 Å². The molecule has 0 saturated carbocycles. The average molecular weight is 472 g/mol. The quantitative estimate of drug-likeness (QED) is 0.344. The lowest BCUT2D eigenvalue weighted by Gasteiger charge is -2.35. The van der Waals surface area contributed by atoms with E-state index >= 15 is 0 Å². The molecule has 0 unspecified atom stereocenters. The van der Waals surface area contributed by atoms with Crippen LogP contribution in [-0.4, -0.2) is 41.1 Å². The molecule has 0 atom stereocenters. The summed E-state index contributed by atoms with van der Waals surface area (Å²) < 4.78 is 0. The number of aromatic nitrogens is 2. The van der Waals surface area contributed by atoms with Gasteiger partial charge in [-0.2, -0.15) is 0 Å². The zero-order valence-corrected chi connectivity index (χ0v) is 20.1. The first-order valence-corrected chi connectivity index (χ1v) is 12.7. The van der Waals surface area contributed by atoms with Crippen LogP contribution in [0, 0.1) is 22.0 Å². The average Bonchev–Trinajstić information content (AvgIpc) is 2.90. The topological polar surface area (TPSA) is 75.4 Å². The Morgan fingerprint density at radius 2 is 1.11 bits per heavy atom. The van der Waals surface area contributed by atoms with Crippen molar-refractivity contribution in [2.24, 2.45) is 11.8 Å². The number of nitrogens with zero attached hydrogens (tertiary/aromatic N) is 5. The summed E-state index contributed by atoms with van der Waals surface area (Å²) in [5, 5.41) is 12.2. The molecule has 0 radical (unpaired) electrons. The molecule has 35 heavy (non-hydrogen) atoms. The van der Waals surface area contributed by atoms with Gasteiger partial charge in [0.15, 0.2) is 0 Å². The maximum atomic E-state index is 12.2. The molecule has 1 aromatic heterocycles. The smallest absolute Gasteiger partial charge is 0.351 e. The van der Waals surface area contributed by atoms with Crippen molar-refractivity contribution in [3.8, 4) is 0 Å². The summed E-state index contributed by atoms with van der Waals surface area (Å²) in [5.41, 5.74) is 2.78. The van der Waals surface area contributed by atoms with Crippen LogP contribution in [-0.2, 0) is 12.8 Å². The summed E-state index contributed by atoms with van der Waals surface area (Å²) in [5.74, 6) is 2.14. The largest absolute Gasteiger partial charge is 0.353 e. The minimum atomic E-state index is -0.281. The second kappa shape index (κ2) is 10.8. The van der Waals surface area contributed by atoms with E-state index in [4.69, 9.17) is 0 Å². The normalized spacial score (nSPS) is 17.5. The van der Waals surface area contributed by atoms with Crippen LogP contribution in [0.3, 0.4) is 0 Å². The second-order valence-corrected chi connectivity index (χ2v) is 9.87. The first kappa shape index (κ1) is 23.3. The number of hydrogen-bond acceptors (Lipinski definition) is 6. The van der Waals surface area contributed by atoms with Crippen molar-refractivity contribution in [3.63, 3.8) is 0 Å². The van der Waals surface area contributed by atoms with E-state index in [0.29, 0.717) is 23.5 Å². The highest BCUT2D eigenvalue weighted by Gasteiger charge is 2.33. The summed E-state index contributed by atoms with van der Waals surface area (Å²) >= 11 is 0. The highest BCUT2D eigenvalue weighted by atomic mass is 16.6. The molecule has 7 heteroatoms. The van der Waals surface area contributed by atoms with Crippen LogP contribution < -0.4 is 9.80 Å². The fraction of sp³-hybridized carbons (Fsp3) is 0.429. The molecule has 2 aromatic carbocycles. The van der Waals surface area contributed by atoms with Gasteiger partial charge in [-0.3, -0.25) is 10.1 Å². The first-order chi connectivity index (χ1) is 17.2. The Morgan fingerprint density at radius 3 is 1.49 bits per heavy atom. The lowest BCUT2D eigenvalue weighted by Crippen LogP contribution is -2.37. The molecule has 0 N–H and O–H groups in total. The minimum Gasteiger partial charge on any atom is -0.351 e. The predicted molar refractivity (Wildman–Crippen MR) is 139 cm³/mol. The van der Waals surface area contributed by atoms with Gasteiger partial charge in [-0.25, -0.2) is 9.97 Å². The summed E-state index contributed by atoms with van der Waals surface area (Å²) in [4.78, 5) is 24.9. The zero-order valence-electron chi connectivity index (χ0n) is 20.1. The van der Waals surface area contributed by atoms with E-state index in [9.17, 15) is 10.1 Å². The zero-order chi connectivity index (χ0) is 24.0. The Morgan fingerprint density at radius 1 is 0.714 bits per heavy atom. The number of nitro groups is 1. The van der Waals surface area contributed by atoms with E-state index in [2.05, 4.69) is 68.3 Å². The molecule has 5 rings (SSSR count). The fourth-order valence-electron chi connectivity index (χ4n) is 5.58. The van der Waals surface area contributed by atoms with E-state index in [1.165, 1.54) is 17.5 Å². The molecule has 2 aliphatic heterocycles. The highest BCUT2D eigenvalue weighted by molar-refractivity contribution is 5.71. The van der Waals surface area contributed by atoms with Crippen LogP contribution in [0.25, 0.3) is 0 Å². The molecule has 0 spiro atoms. The van der Waals surface area contributed by atoms with Crippen molar-refractivity contribution in [2.45, 2.75) is 38.5 Å². The van der Waals surface area contributed by atoms with Crippen LogP contribution in [0.5, 0.6) is 0 Å². The summed E-state index contributed by atoms with van der Waals surface area (Å²) in [7, 11) is 0. The second-order valence-electron chi connectivity index (χ2n) is 9.87. The van der Waals surface area contributed by atoms with Crippen LogP contribution in [0.2, 0.25) is 0 Å². The Kier molecular flexibility index (Phi) is 7.21. The van der Waals surface area contributed by atoms with E-state index in [-0.39, 0.29) is 10.6 Å². The van der Waals surface area contributed by atoms with E-state index in [1.54, 1.807) is 0 Å². The van der Waals surface area contributed by atoms with Gasteiger partial charge in [0.2, 0.25) is 11.6 Å². The molecular formula is C28H33N5O2.